The van der Waals surface area contributed by atoms with Crippen molar-refractivity contribution in [3.8, 4) is 0 Å². The number of benzene rings is 1. The molecule has 1 aromatic carbocycles. The molecule has 7 heteroatoms. The smallest absolute Gasteiger partial charge is 0.286 e. The molecule has 7 nitrogen and oxygen atoms in total. The van der Waals surface area contributed by atoms with Crippen LogP contribution in [0, 0.1) is 0 Å². The molecular formula is C16H17N3O4. The molecular weight excluding hydrogens is 298 g/mol. The maximum absolute atomic E-state index is 11.8. The molecule has 0 spiro atoms. The van der Waals surface area contributed by atoms with Crippen molar-refractivity contribution in [1.82, 2.24) is 5.32 Å². The molecule has 4 N–H and O–H groups in total. The molecule has 0 aliphatic carbocycles. The molecule has 0 radical (unpaired) electrons. The molecule has 0 atom stereocenters. The van der Waals surface area contributed by atoms with E-state index in [2.05, 4.69) is 10.6 Å². The minimum atomic E-state index is -0.518. The van der Waals surface area contributed by atoms with Crippen molar-refractivity contribution >= 4 is 23.4 Å². The molecule has 2 rings (SSSR count). The second-order valence-electron chi connectivity index (χ2n) is 4.83. The Kier molecular flexibility index (Phi) is 5.51. The molecule has 0 aliphatic heterocycles. The van der Waals surface area contributed by atoms with Crippen LogP contribution in [0.1, 0.15) is 33.8 Å². The summed E-state index contributed by atoms with van der Waals surface area (Å²) in [6, 6.07) is 9.50. The fourth-order valence-corrected chi connectivity index (χ4v) is 1.89. The molecule has 120 valence electrons. The monoisotopic (exact) mass is 315 g/mol. The molecule has 0 bridgehead atoms. The first-order valence-electron chi connectivity index (χ1n) is 7.07. The van der Waals surface area contributed by atoms with Crippen molar-refractivity contribution in [3.05, 3.63) is 54.0 Å². The van der Waals surface area contributed by atoms with Gasteiger partial charge in [0.1, 0.15) is 0 Å². The summed E-state index contributed by atoms with van der Waals surface area (Å²) in [7, 11) is 0. The van der Waals surface area contributed by atoms with Gasteiger partial charge in [-0.2, -0.15) is 0 Å². The quantitative estimate of drug-likeness (QED) is 0.672. The SMILES string of the molecule is NC(=O)c1ccc(NC(=O)CCCNC(=O)c2ccco2)cc1. The van der Waals surface area contributed by atoms with Crippen molar-refractivity contribution in [2.24, 2.45) is 5.73 Å². The Labute approximate surface area is 132 Å². The zero-order chi connectivity index (χ0) is 16.7. The third-order valence-corrected chi connectivity index (χ3v) is 3.06. The Bertz CT molecular complexity index is 678. The van der Waals surface area contributed by atoms with E-state index >= 15 is 0 Å². The van der Waals surface area contributed by atoms with Gasteiger partial charge in [-0.15, -0.1) is 0 Å². The number of anilines is 1. The molecule has 0 saturated carbocycles. The molecule has 23 heavy (non-hydrogen) atoms. The lowest BCUT2D eigenvalue weighted by Gasteiger charge is -2.06. The average molecular weight is 315 g/mol. The fourth-order valence-electron chi connectivity index (χ4n) is 1.89. The molecule has 0 saturated heterocycles. The highest BCUT2D eigenvalue weighted by atomic mass is 16.3. The maximum atomic E-state index is 11.8. The predicted octanol–water partition coefficient (Wildman–Crippen LogP) is 1.53. The van der Waals surface area contributed by atoms with Crippen LogP contribution in [0.15, 0.2) is 47.1 Å². The fraction of sp³-hybridized carbons (Fsp3) is 0.188. The van der Waals surface area contributed by atoms with Gasteiger partial charge in [-0.1, -0.05) is 0 Å². The Morgan fingerprint density at radius 3 is 2.43 bits per heavy atom. The van der Waals surface area contributed by atoms with E-state index in [0.29, 0.717) is 24.2 Å². The van der Waals surface area contributed by atoms with E-state index in [9.17, 15) is 14.4 Å². The minimum absolute atomic E-state index is 0.177. The van der Waals surface area contributed by atoms with Gasteiger partial charge in [-0.25, -0.2) is 0 Å². The van der Waals surface area contributed by atoms with Gasteiger partial charge in [0.2, 0.25) is 11.8 Å². The van der Waals surface area contributed by atoms with Gasteiger partial charge in [-0.05, 0) is 42.8 Å². The normalized spacial score (nSPS) is 10.1. The van der Waals surface area contributed by atoms with Crippen molar-refractivity contribution in [3.63, 3.8) is 0 Å². The second kappa shape index (κ2) is 7.79. The summed E-state index contributed by atoms with van der Waals surface area (Å²) in [5.41, 5.74) is 6.10. The molecule has 3 amide bonds. The highest BCUT2D eigenvalue weighted by Gasteiger charge is 2.08. The van der Waals surface area contributed by atoms with E-state index in [1.807, 2.05) is 0 Å². The maximum Gasteiger partial charge on any atom is 0.286 e. The van der Waals surface area contributed by atoms with E-state index in [-0.39, 0.29) is 24.0 Å². The van der Waals surface area contributed by atoms with Gasteiger partial charge in [-0.3, -0.25) is 14.4 Å². The summed E-state index contributed by atoms with van der Waals surface area (Å²) in [4.78, 5) is 34.3. The number of primary amides is 1. The molecule has 1 heterocycles. The number of hydrogen-bond acceptors (Lipinski definition) is 4. The zero-order valence-corrected chi connectivity index (χ0v) is 12.4. The van der Waals surface area contributed by atoms with Gasteiger partial charge >= 0.3 is 0 Å². The second-order valence-corrected chi connectivity index (χ2v) is 4.83. The zero-order valence-electron chi connectivity index (χ0n) is 12.4. The lowest BCUT2D eigenvalue weighted by molar-refractivity contribution is -0.116. The van der Waals surface area contributed by atoms with Gasteiger partial charge in [0, 0.05) is 24.2 Å². The van der Waals surface area contributed by atoms with Crippen LogP contribution in [-0.2, 0) is 4.79 Å². The van der Waals surface area contributed by atoms with E-state index in [0.717, 1.165) is 0 Å². The standard InChI is InChI=1S/C16H17N3O4/c17-15(21)11-5-7-12(8-6-11)19-14(20)4-1-9-18-16(22)13-3-2-10-23-13/h2-3,5-8,10H,1,4,9H2,(H2,17,21)(H,18,22)(H,19,20). The number of carbonyl (C=O) groups is 3. The summed E-state index contributed by atoms with van der Waals surface area (Å²) in [5.74, 6) is -0.763. The van der Waals surface area contributed by atoms with Crippen molar-refractivity contribution in [2.45, 2.75) is 12.8 Å². The molecule has 0 fully saturated rings. The van der Waals surface area contributed by atoms with Gasteiger partial charge in [0.25, 0.3) is 5.91 Å². The van der Waals surface area contributed by atoms with E-state index < -0.39 is 5.91 Å². The Balaban J connectivity index is 1.69. The molecule has 0 aliphatic rings. The molecule has 2 aromatic rings. The largest absolute Gasteiger partial charge is 0.459 e. The third kappa shape index (κ3) is 4.99. The topological polar surface area (TPSA) is 114 Å². The average Bonchev–Trinajstić information content (AvgIpc) is 3.06. The van der Waals surface area contributed by atoms with E-state index in [1.54, 1.807) is 36.4 Å². The number of hydrogen-bond donors (Lipinski definition) is 3. The van der Waals surface area contributed by atoms with Gasteiger partial charge in [0.05, 0.1) is 6.26 Å². The van der Waals surface area contributed by atoms with Crippen LogP contribution in [0.4, 0.5) is 5.69 Å². The van der Waals surface area contributed by atoms with Crippen LogP contribution in [0.5, 0.6) is 0 Å². The van der Waals surface area contributed by atoms with Gasteiger partial charge < -0.3 is 20.8 Å². The van der Waals surface area contributed by atoms with Crippen molar-refractivity contribution in [1.29, 1.82) is 0 Å². The van der Waals surface area contributed by atoms with Gasteiger partial charge in [0.15, 0.2) is 5.76 Å². The van der Waals surface area contributed by atoms with Crippen LogP contribution in [0.3, 0.4) is 0 Å². The Morgan fingerprint density at radius 2 is 1.83 bits per heavy atom. The van der Waals surface area contributed by atoms with Crippen molar-refractivity contribution in [2.75, 3.05) is 11.9 Å². The summed E-state index contributed by atoms with van der Waals surface area (Å²) in [6.07, 6.45) is 2.18. The van der Waals surface area contributed by atoms with E-state index in [4.69, 9.17) is 10.2 Å². The number of nitrogens with two attached hydrogens (primary N) is 1. The lowest BCUT2D eigenvalue weighted by Crippen LogP contribution is -2.25. The third-order valence-electron chi connectivity index (χ3n) is 3.06. The van der Waals surface area contributed by atoms with Crippen LogP contribution in [0.25, 0.3) is 0 Å². The number of furan rings is 1. The first-order valence-corrected chi connectivity index (χ1v) is 7.07. The summed E-state index contributed by atoms with van der Waals surface area (Å²) >= 11 is 0. The molecule has 1 aromatic heterocycles. The van der Waals surface area contributed by atoms with Crippen LogP contribution in [0.2, 0.25) is 0 Å². The van der Waals surface area contributed by atoms with Crippen LogP contribution >= 0.6 is 0 Å². The van der Waals surface area contributed by atoms with Crippen LogP contribution in [-0.4, -0.2) is 24.3 Å². The van der Waals surface area contributed by atoms with Crippen molar-refractivity contribution < 1.29 is 18.8 Å². The number of amides is 3. The Hall–Kier alpha value is -3.09. The first-order chi connectivity index (χ1) is 11.1. The summed E-state index contributed by atoms with van der Waals surface area (Å²) in [6.45, 7) is 0.369. The highest BCUT2D eigenvalue weighted by Crippen LogP contribution is 2.09. The minimum Gasteiger partial charge on any atom is -0.459 e. The highest BCUT2D eigenvalue weighted by molar-refractivity contribution is 5.95. The molecule has 0 unspecified atom stereocenters. The Morgan fingerprint density at radius 1 is 1.09 bits per heavy atom. The summed E-state index contributed by atoms with van der Waals surface area (Å²) < 4.78 is 4.95. The number of rotatable bonds is 7. The van der Waals surface area contributed by atoms with Crippen LogP contribution < -0.4 is 16.4 Å². The lowest BCUT2D eigenvalue weighted by atomic mass is 10.2. The summed E-state index contributed by atoms with van der Waals surface area (Å²) in [5, 5.41) is 5.36. The number of nitrogens with one attached hydrogen (secondary N) is 2. The number of carbonyl (C=O) groups excluding carboxylic acids is 3. The van der Waals surface area contributed by atoms with E-state index in [1.165, 1.54) is 6.26 Å². The predicted molar refractivity (Wildman–Crippen MR) is 83.9 cm³/mol. The first kappa shape index (κ1) is 16.3.